The van der Waals surface area contributed by atoms with Crippen LogP contribution in [0.25, 0.3) is 0 Å². The number of esters is 1. The van der Waals surface area contributed by atoms with E-state index >= 15 is 0 Å². The van der Waals surface area contributed by atoms with Crippen molar-refractivity contribution in [1.29, 1.82) is 0 Å². The van der Waals surface area contributed by atoms with Gasteiger partial charge in [0.15, 0.2) is 0 Å². The minimum absolute atomic E-state index is 0.452. The van der Waals surface area contributed by atoms with Crippen molar-refractivity contribution in [3.8, 4) is 0 Å². The lowest BCUT2D eigenvalue weighted by atomic mass is 10.2. The van der Waals surface area contributed by atoms with Crippen molar-refractivity contribution in [3.05, 3.63) is 30.3 Å². The zero-order chi connectivity index (χ0) is 17.7. The number of alkyl carbamates (subject to hydrolysis) is 1. The van der Waals surface area contributed by atoms with E-state index in [4.69, 9.17) is 9.47 Å². The van der Waals surface area contributed by atoms with E-state index < -0.39 is 31.8 Å². The summed E-state index contributed by atoms with van der Waals surface area (Å²) < 4.78 is 10.1. The van der Waals surface area contributed by atoms with Crippen LogP contribution in [-0.4, -0.2) is 38.9 Å². The van der Waals surface area contributed by atoms with E-state index in [0.717, 1.165) is 0 Å². The normalized spacial score (nSPS) is 13.1. The fourth-order valence-electron chi connectivity index (χ4n) is 2.30. The minimum atomic E-state index is -1.92. The van der Waals surface area contributed by atoms with Crippen LogP contribution in [0.15, 0.2) is 30.3 Å². The lowest BCUT2D eigenvalue weighted by Gasteiger charge is -2.28. The molecular formula is C17H27NO4Si. The summed E-state index contributed by atoms with van der Waals surface area (Å²) in [5.74, 6) is -0.452. The third kappa shape index (κ3) is 6.44. The van der Waals surface area contributed by atoms with Gasteiger partial charge in [-0.05, 0) is 26.8 Å². The molecule has 1 amide bonds. The maximum Gasteiger partial charge on any atom is 0.408 e. The van der Waals surface area contributed by atoms with E-state index in [9.17, 15) is 9.59 Å². The second kappa shape index (κ2) is 7.63. The Morgan fingerprint density at radius 3 is 2.22 bits per heavy atom. The molecule has 0 heterocycles. The van der Waals surface area contributed by atoms with E-state index in [2.05, 4.69) is 30.5 Å². The van der Waals surface area contributed by atoms with Crippen LogP contribution in [0.1, 0.15) is 20.8 Å². The molecule has 5 nitrogen and oxygen atoms in total. The highest BCUT2D eigenvalue weighted by molar-refractivity contribution is 6.90. The Morgan fingerprint density at radius 2 is 1.74 bits per heavy atom. The monoisotopic (exact) mass is 337 g/mol. The molecule has 0 aromatic heterocycles. The molecule has 0 radical (unpaired) electrons. The van der Waals surface area contributed by atoms with Crippen LogP contribution in [0, 0.1) is 0 Å². The number of ether oxygens (including phenoxy) is 2. The molecule has 0 spiro atoms. The summed E-state index contributed by atoms with van der Waals surface area (Å²) in [4.78, 5) is 24.0. The van der Waals surface area contributed by atoms with E-state index in [1.807, 2.05) is 18.2 Å². The molecule has 1 atom stereocenters. The van der Waals surface area contributed by atoms with Gasteiger partial charge in [-0.2, -0.15) is 0 Å². The van der Waals surface area contributed by atoms with Crippen molar-refractivity contribution < 1.29 is 19.1 Å². The fourth-order valence-corrected chi connectivity index (χ4v) is 4.92. The molecule has 1 aromatic rings. The number of hydrogen-bond donors (Lipinski definition) is 1. The Kier molecular flexibility index (Phi) is 6.38. The molecule has 0 fully saturated rings. The summed E-state index contributed by atoms with van der Waals surface area (Å²) in [5.41, 5.74) is -0.614. The second-order valence-electron chi connectivity index (χ2n) is 7.18. The standard InChI is InChI=1S/C17H27NO4Si/c1-17(2,3)22-16(20)18-14(15(19)21-4)12-23(5,6)13-10-8-7-9-11-13/h7-11,14H,12H2,1-6H3,(H,18,20). The first kappa shape index (κ1) is 19.2. The molecule has 1 aromatic carbocycles. The van der Waals surface area contributed by atoms with Crippen LogP contribution >= 0.6 is 0 Å². The van der Waals surface area contributed by atoms with Crippen molar-refractivity contribution in [2.45, 2.75) is 51.6 Å². The van der Waals surface area contributed by atoms with Gasteiger partial charge in [-0.1, -0.05) is 48.6 Å². The molecule has 6 heteroatoms. The molecule has 0 saturated heterocycles. The zero-order valence-electron chi connectivity index (χ0n) is 14.8. The average Bonchev–Trinajstić information content (AvgIpc) is 2.44. The quantitative estimate of drug-likeness (QED) is 0.663. The van der Waals surface area contributed by atoms with Gasteiger partial charge in [0.25, 0.3) is 0 Å². The molecule has 1 rings (SSSR count). The Balaban J connectivity index is 2.87. The number of methoxy groups -OCH3 is 1. The topological polar surface area (TPSA) is 64.6 Å². The number of carbonyl (C=O) groups excluding carboxylic acids is 2. The third-order valence-corrected chi connectivity index (χ3v) is 6.77. The number of nitrogens with one attached hydrogen (secondary N) is 1. The van der Waals surface area contributed by atoms with E-state index in [1.54, 1.807) is 20.8 Å². The third-order valence-electron chi connectivity index (χ3n) is 3.45. The Hall–Kier alpha value is -1.82. The number of hydrogen-bond acceptors (Lipinski definition) is 4. The molecule has 1 unspecified atom stereocenters. The highest BCUT2D eigenvalue weighted by atomic mass is 28.3. The van der Waals surface area contributed by atoms with Gasteiger partial charge in [-0.3, -0.25) is 0 Å². The summed E-state index contributed by atoms with van der Waals surface area (Å²) >= 11 is 0. The van der Waals surface area contributed by atoms with Gasteiger partial charge >= 0.3 is 12.1 Å². The van der Waals surface area contributed by atoms with Crippen molar-refractivity contribution in [3.63, 3.8) is 0 Å². The number of rotatable bonds is 5. The lowest BCUT2D eigenvalue weighted by molar-refractivity contribution is -0.142. The summed E-state index contributed by atoms with van der Waals surface area (Å²) in [6.45, 7) is 9.66. The first-order chi connectivity index (χ1) is 10.5. The van der Waals surface area contributed by atoms with Crippen molar-refractivity contribution in [2.24, 2.45) is 0 Å². The van der Waals surface area contributed by atoms with Crippen LogP contribution in [0.4, 0.5) is 4.79 Å². The highest BCUT2D eigenvalue weighted by Gasteiger charge is 2.33. The number of amides is 1. The molecule has 0 aliphatic rings. The van der Waals surface area contributed by atoms with Gasteiger partial charge in [0, 0.05) is 0 Å². The van der Waals surface area contributed by atoms with Crippen LogP contribution in [0.5, 0.6) is 0 Å². The predicted molar refractivity (Wildman–Crippen MR) is 93.5 cm³/mol. The van der Waals surface area contributed by atoms with Gasteiger partial charge in [-0.25, -0.2) is 9.59 Å². The maximum absolute atomic E-state index is 12.1. The number of benzene rings is 1. The summed E-state index contributed by atoms with van der Waals surface area (Å²) in [5, 5.41) is 3.87. The van der Waals surface area contributed by atoms with Crippen LogP contribution in [0.3, 0.4) is 0 Å². The first-order valence-electron chi connectivity index (χ1n) is 7.68. The van der Waals surface area contributed by atoms with Crippen molar-refractivity contribution in [1.82, 2.24) is 5.32 Å². The average molecular weight is 337 g/mol. The molecule has 0 aliphatic carbocycles. The summed E-state index contributed by atoms with van der Waals surface area (Å²) in [7, 11) is -0.596. The summed E-state index contributed by atoms with van der Waals surface area (Å²) in [6, 6.07) is 9.89. The van der Waals surface area contributed by atoms with Gasteiger partial charge < -0.3 is 14.8 Å². The predicted octanol–water partition coefficient (Wildman–Crippen LogP) is 2.67. The van der Waals surface area contributed by atoms with Crippen LogP contribution < -0.4 is 10.5 Å². The molecular weight excluding hydrogens is 310 g/mol. The molecule has 23 heavy (non-hydrogen) atoms. The lowest BCUT2D eigenvalue weighted by Crippen LogP contribution is -2.52. The Bertz CT molecular complexity index is 537. The van der Waals surface area contributed by atoms with Gasteiger partial charge in [0.2, 0.25) is 0 Å². The zero-order valence-corrected chi connectivity index (χ0v) is 15.8. The smallest absolute Gasteiger partial charge is 0.408 e. The van der Waals surface area contributed by atoms with Gasteiger partial charge in [0.05, 0.1) is 15.2 Å². The van der Waals surface area contributed by atoms with E-state index in [0.29, 0.717) is 6.04 Å². The maximum atomic E-state index is 12.1. The molecule has 0 saturated carbocycles. The van der Waals surface area contributed by atoms with E-state index in [1.165, 1.54) is 12.3 Å². The molecule has 0 aliphatic heterocycles. The summed E-state index contributed by atoms with van der Waals surface area (Å²) in [6.07, 6.45) is -0.606. The van der Waals surface area contributed by atoms with Crippen molar-refractivity contribution in [2.75, 3.05) is 7.11 Å². The van der Waals surface area contributed by atoms with Gasteiger partial charge in [-0.15, -0.1) is 0 Å². The van der Waals surface area contributed by atoms with Crippen LogP contribution in [-0.2, 0) is 14.3 Å². The molecule has 0 bridgehead atoms. The Morgan fingerprint density at radius 1 is 1.17 bits per heavy atom. The fraction of sp³-hybridized carbons (Fsp3) is 0.529. The van der Waals surface area contributed by atoms with E-state index in [-0.39, 0.29) is 0 Å². The Labute approximate surface area is 139 Å². The second-order valence-corrected chi connectivity index (χ2v) is 11.9. The highest BCUT2D eigenvalue weighted by Crippen LogP contribution is 2.15. The SMILES string of the molecule is COC(=O)C(C[Si](C)(C)c1ccccc1)NC(=O)OC(C)(C)C. The largest absolute Gasteiger partial charge is 0.467 e. The van der Waals surface area contributed by atoms with Crippen molar-refractivity contribution >= 4 is 25.3 Å². The van der Waals surface area contributed by atoms with Gasteiger partial charge in [0.1, 0.15) is 11.6 Å². The minimum Gasteiger partial charge on any atom is -0.467 e. The molecule has 128 valence electrons. The number of carbonyl (C=O) groups is 2. The first-order valence-corrected chi connectivity index (χ1v) is 10.9. The molecule has 1 N–H and O–H groups in total. The van der Waals surface area contributed by atoms with Crippen LogP contribution in [0.2, 0.25) is 19.1 Å².